The van der Waals surface area contributed by atoms with Gasteiger partial charge in [0.1, 0.15) is 12.1 Å². The first kappa shape index (κ1) is 31.1. The van der Waals surface area contributed by atoms with Crippen LogP contribution in [0.3, 0.4) is 0 Å². The van der Waals surface area contributed by atoms with Gasteiger partial charge < -0.3 is 16.6 Å². The summed E-state index contributed by atoms with van der Waals surface area (Å²) in [6.45, 7) is 8.38. The van der Waals surface area contributed by atoms with E-state index in [1.54, 1.807) is 36.3 Å². The third-order valence-corrected chi connectivity index (χ3v) is 8.01. The number of thiazole rings is 1. The normalized spacial score (nSPS) is 12.9. The molecule has 6 nitrogen and oxygen atoms in total. The third-order valence-electron chi connectivity index (χ3n) is 5.90. The molecule has 0 fully saturated rings. The molecule has 0 aliphatic heterocycles. The van der Waals surface area contributed by atoms with E-state index in [2.05, 4.69) is 31.1 Å². The Hall–Kier alpha value is -2.08. The number of rotatable bonds is 10. The molecule has 1 aromatic heterocycles. The van der Waals surface area contributed by atoms with Crippen LogP contribution in [0, 0.1) is 6.92 Å². The molecule has 2 unspecified atom stereocenters. The van der Waals surface area contributed by atoms with Crippen LogP contribution in [0.25, 0.3) is 11.1 Å². The van der Waals surface area contributed by atoms with E-state index >= 15 is 0 Å². The van der Waals surface area contributed by atoms with Gasteiger partial charge in [-0.15, -0.1) is 11.3 Å². The molecule has 0 saturated heterocycles. The Bertz CT molecular complexity index is 1230. The molecule has 2 aromatic carbocycles. The fourth-order valence-corrected chi connectivity index (χ4v) is 5.47. The largest absolute Gasteiger partial charge is 1.00 e. The molecule has 37 heavy (non-hydrogen) atoms. The van der Waals surface area contributed by atoms with E-state index in [9.17, 15) is 14.7 Å². The molecule has 2 atom stereocenters. The maximum atomic E-state index is 13.3. The van der Waals surface area contributed by atoms with Crippen molar-refractivity contribution in [3.05, 3.63) is 75.2 Å². The van der Waals surface area contributed by atoms with E-state index < -0.39 is 17.9 Å². The van der Waals surface area contributed by atoms with Gasteiger partial charge in [0.25, 0.3) is 5.91 Å². The van der Waals surface area contributed by atoms with E-state index in [0.29, 0.717) is 17.7 Å². The van der Waals surface area contributed by atoms with E-state index in [-0.39, 0.29) is 31.8 Å². The first-order valence-corrected chi connectivity index (χ1v) is 14.0. The van der Waals surface area contributed by atoms with Crippen LogP contribution >= 0.6 is 23.1 Å². The summed E-state index contributed by atoms with van der Waals surface area (Å²) in [4.78, 5) is 30.7. The minimum atomic E-state index is -1.04. The number of carbonyl (C=O) groups excluding carboxylic acids is 1. The summed E-state index contributed by atoms with van der Waals surface area (Å²) in [7, 11) is 1.67. The quantitative estimate of drug-likeness (QED) is 0.389. The monoisotopic (exact) mass is 534 g/mol. The fraction of sp³-hybridized carbons (Fsp3) is 0.393. The first-order valence-electron chi connectivity index (χ1n) is 11.8. The fourth-order valence-electron chi connectivity index (χ4n) is 3.92. The number of carbonyl (C=O) groups is 2. The summed E-state index contributed by atoms with van der Waals surface area (Å²) in [5, 5.41) is 13.4. The van der Waals surface area contributed by atoms with Crippen molar-refractivity contribution in [3.8, 4) is 11.1 Å². The molecule has 3 aromatic rings. The van der Waals surface area contributed by atoms with Crippen LogP contribution in [0.4, 0.5) is 0 Å². The number of methoxy groups -OCH3 is 1. The van der Waals surface area contributed by atoms with Crippen LogP contribution in [0.5, 0.6) is 0 Å². The number of nitrogens with zero attached hydrogens (tertiary/aromatic N) is 1. The average Bonchev–Trinajstić information content (AvgIpc) is 3.33. The van der Waals surface area contributed by atoms with Crippen LogP contribution in [0.15, 0.2) is 48.7 Å². The number of amides is 1. The average molecular weight is 535 g/mol. The maximum Gasteiger partial charge on any atom is 1.00 e. The number of nitrogens with one attached hydrogen (secondary N) is 1. The van der Waals surface area contributed by atoms with Gasteiger partial charge in [-0.25, -0.2) is 9.78 Å². The zero-order chi connectivity index (χ0) is 26.5. The summed E-state index contributed by atoms with van der Waals surface area (Å²) < 4.78 is 5.90. The van der Waals surface area contributed by atoms with Gasteiger partial charge in [-0.05, 0) is 59.7 Å². The van der Waals surface area contributed by atoms with Gasteiger partial charge in [-0.3, -0.25) is 4.79 Å². The van der Waals surface area contributed by atoms with Crippen molar-refractivity contribution in [2.24, 2.45) is 0 Å². The van der Waals surface area contributed by atoms with E-state index in [4.69, 9.17) is 4.74 Å². The summed E-state index contributed by atoms with van der Waals surface area (Å²) in [6, 6.07) is 12.5. The van der Waals surface area contributed by atoms with Gasteiger partial charge in [-0.1, -0.05) is 51.1 Å². The molecule has 0 aliphatic carbocycles. The number of ether oxygens (including phenoxy) is 1. The predicted octanol–water partition coefficient (Wildman–Crippen LogP) is 3.20. The standard InChI is InChI=1S/C28H34N2O4S2.Li.H/c1-17-9-7-8-10-19(17)21-15-18(24(34-5)23-16-29-27(36-23)28(2,3)4)11-12-20(21)25(31)30-22(26(32)33)13-14-35-6;;/h7-12,15-16,22,24H,13-14H2,1-6H3,(H,30,31)(H,32,33);;/q;+1;-1. The van der Waals surface area contributed by atoms with Crippen molar-refractivity contribution in [1.82, 2.24) is 10.3 Å². The van der Waals surface area contributed by atoms with E-state index in [1.165, 1.54) is 0 Å². The summed E-state index contributed by atoms with van der Waals surface area (Å²) >= 11 is 3.17. The zero-order valence-corrected chi connectivity index (χ0v) is 24.3. The minimum Gasteiger partial charge on any atom is -1.00 e. The van der Waals surface area contributed by atoms with Crippen LogP contribution in [0.2, 0.25) is 0 Å². The van der Waals surface area contributed by atoms with Crippen molar-refractivity contribution in [2.75, 3.05) is 19.1 Å². The number of thioether (sulfide) groups is 1. The van der Waals surface area contributed by atoms with Crippen molar-refractivity contribution in [2.45, 2.75) is 51.7 Å². The summed E-state index contributed by atoms with van der Waals surface area (Å²) in [6.07, 6.45) is 3.78. The van der Waals surface area contributed by atoms with Crippen LogP contribution in [-0.2, 0) is 14.9 Å². The molecule has 0 radical (unpaired) electrons. The second kappa shape index (κ2) is 13.6. The Labute approximate surface area is 241 Å². The number of aliphatic carboxylic acids is 1. The minimum absolute atomic E-state index is 0. The topological polar surface area (TPSA) is 88.5 Å². The molecular weight excluding hydrogens is 499 g/mol. The molecule has 194 valence electrons. The van der Waals surface area contributed by atoms with Crippen LogP contribution in [0.1, 0.15) is 66.1 Å². The molecule has 3 rings (SSSR count). The van der Waals surface area contributed by atoms with Crippen LogP contribution < -0.4 is 24.2 Å². The molecule has 0 bridgehead atoms. The molecule has 0 saturated carbocycles. The smallest absolute Gasteiger partial charge is 1.00 e. The van der Waals surface area contributed by atoms with Gasteiger partial charge in [-0.2, -0.15) is 11.8 Å². The Balaban J connectivity index is 0.00000361. The SMILES string of the molecule is COC(c1ccc(C(=O)NC(CCSC)C(=O)O)c(-c2ccccc2C)c1)c1cnc(C(C)(C)C)s1.[H-].[Li+]. The Morgan fingerprint density at radius 1 is 1.19 bits per heavy atom. The number of hydrogen-bond acceptors (Lipinski definition) is 6. The number of carboxylic acid groups (broad SMARTS) is 1. The zero-order valence-electron chi connectivity index (χ0n) is 23.6. The Kier molecular flexibility index (Phi) is 11.5. The second-order valence-corrected chi connectivity index (χ2v) is 11.7. The van der Waals surface area contributed by atoms with Gasteiger partial charge >= 0.3 is 24.8 Å². The van der Waals surface area contributed by atoms with E-state index in [0.717, 1.165) is 32.1 Å². The Morgan fingerprint density at radius 2 is 1.89 bits per heavy atom. The molecule has 1 amide bonds. The number of hydrogen-bond donors (Lipinski definition) is 2. The van der Waals surface area contributed by atoms with Gasteiger partial charge in [0, 0.05) is 24.3 Å². The van der Waals surface area contributed by atoms with Crippen molar-refractivity contribution in [1.29, 1.82) is 0 Å². The Morgan fingerprint density at radius 3 is 2.46 bits per heavy atom. The van der Waals surface area contributed by atoms with Crippen LogP contribution in [-0.4, -0.2) is 47.1 Å². The molecule has 9 heteroatoms. The van der Waals surface area contributed by atoms with Crippen molar-refractivity contribution < 1.29 is 39.7 Å². The van der Waals surface area contributed by atoms with Gasteiger partial charge in [0.15, 0.2) is 0 Å². The van der Waals surface area contributed by atoms with Crippen molar-refractivity contribution >= 4 is 35.0 Å². The molecule has 2 N–H and O–H groups in total. The van der Waals surface area contributed by atoms with Crippen molar-refractivity contribution in [3.63, 3.8) is 0 Å². The predicted molar refractivity (Wildman–Crippen MR) is 149 cm³/mol. The third kappa shape index (κ3) is 7.72. The molecule has 1 heterocycles. The summed E-state index contributed by atoms with van der Waals surface area (Å²) in [5.74, 6) is -0.803. The summed E-state index contributed by atoms with van der Waals surface area (Å²) in [5.41, 5.74) is 3.93. The second-order valence-electron chi connectivity index (χ2n) is 9.70. The molecule has 0 spiro atoms. The maximum absolute atomic E-state index is 13.3. The number of carboxylic acids is 1. The molecule has 0 aliphatic rings. The van der Waals surface area contributed by atoms with Gasteiger partial charge in [0.2, 0.25) is 0 Å². The number of aryl methyl sites for hydroxylation is 1. The first-order chi connectivity index (χ1) is 17.1. The molecular formula is C28H35LiN2O4S2. The number of benzene rings is 2. The van der Waals surface area contributed by atoms with E-state index in [1.807, 2.05) is 55.8 Å². The number of aromatic nitrogens is 1. The van der Waals surface area contributed by atoms with Gasteiger partial charge in [0.05, 0.1) is 9.88 Å².